The van der Waals surface area contributed by atoms with E-state index in [1.807, 2.05) is 0 Å². The lowest BCUT2D eigenvalue weighted by Crippen LogP contribution is -2.57. The molecule has 2 nitrogen and oxygen atoms in total. The van der Waals surface area contributed by atoms with Crippen LogP contribution in [0, 0.1) is 19.8 Å². The molecule has 0 bridgehead atoms. The zero-order chi connectivity index (χ0) is 48.0. The monoisotopic (exact) mass is 928 g/mol. The highest BCUT2D eigenvalue weighted by Gasteiger charge is 2.72. The molecule has 5 atom stereocenters. The molecule has 2 heteroatoms. The van der Waals surface area contributed by atoms with E-state index in [1.54, 1.807) is 22.3 Å². The lowest BCUT2D eigenvalue weighted by Gasteiger charge is -2.60. The Morgan fingerprint density at radius 3 is 1.67 bits per heavy atom. The highest BCUT2D eigenvalue weighted by Crippen LogP contribution is 2.78. The molecule has 0 aliphatic heterocycles. The Balaban J connectivity index is 1.02. The van der Waals surface area contributed by atoms with Crippen LogP contribution in [0.5, 0.6) is 0 Å². The zero-order valence-corrected chi connectivity index (χ0v) is 41.5. The number of aromatic nitrogens is 2. The molecule has 4 aliphatic rings. The van der Waals surface area contributed by atoms with Gasteiger partial charge in [0.2, 0.25) is 0 Å². The second-order valence-corrected chi connectivity index (χ2v) is 21.8. The summed E-state index contributed by atoms with van der Waals surface area (Å²) < 4.78 is 2.34. The van der Waals surface area contributed by atoms with Gasteiger partial charge in [0.15, 0.2) is 0 Å². The van der Waals surface area contributed by atoms with E-state index in [9.17, 15) is 0 Å². The molecule has 0 radical (unpaired) electrons. The molecule has 5 unspecified atom stereocenters. The molecule has 3 saturated carbocycles. The van der Waals surface area contributed by atoms with Crippen LogP contribution in [0.3, 0.4) is 0 Å². The predicted molar refractivity (Wildman–Crippen MR) is 299 cm³/mol. The van der Waals surface area contributed by atoms with Crippen molar-refractivity contribution in [2.45, 2.75) is 87.4 Å². The van der Waals surface area contributed by atoms with E-state index in [4.69, 9.17) is 4.98 Å². The van der Waals surface area contributed by atoms with Crippen LogP contribution in [0.1, 0.15) is 90.7 Å². The van der Waals surface area contributed by atoms with E-state index in [1.165, 1.54) is 101 Å². The molecular formula is C70H60N2. The Morgan fingerprint density at radius 1 is 0.417 bits per heavy atom. The van der Waals surface area contributed by atoms with Gasteiger partial charge in [0.1, 0.15) is 5.82 Å². The number of benzene rings is 9. The van der Waals surface area contributed by atoms with Gasteiger partial charge in [-0.2, -0.15) is 0 Å². The van der Waals surface area contributed by atoms with E-state index < -0.39 is 0 Å². The maximum Gasteiger partial charge on any atom is 0.145 e. The number of imidazole rings is 1. The number of rotatable bonds is 7. The fourth-order valence-electron chi connectivity index (χ4n) is 16.0. The Labute approximate surface area is 425 Å². The van der Waals surface area contributed by atoms with Gasteiger partial charge in [0, 0.05) is 27.5 Å². The van der Waals surface area contributed by atoms with E-state index >= 15 is 0 Å². The van der Waals surface area contributed by atoms with Gasteiger partial charge in [0.25, 0.3) is 0 Å². The third kappa shape index (κ3) is 6.24. The van der Waals surface area contributed by atoms with Crippen molar-refractivity contribution in [3.63, 3.8) is 0 Å². The third-order valence-corrected chi connectivity index (χ3v) is 18.5. The Hall–Kier alpha value is -7.55. The summed E-state index contributed by atoms with van der Waals surface area (Å²) in [4.78, 5) is 5.19. The lowest BCUT2D eigenvalue weighted by molar-refractivity contribution is 0.0525. The number of aryl methyl sites for hydroxylation is 2. The van der Waals surface area contributed by atoms with Crippen LogP contribution in [-0.2, 0) is 16.2 Å². The van der Waals surface area contributed by atoms with Gasteiger partial charge in [-0.05, 0) is 160 Å². The predicted octanol–water partition coefficient (Wildman–Crippen LogP) is 18.0. The summed E-state index contributed by atoms with van der Waals surface area (Å²) in [7, 11) is 0. The Kier molecular flexibility index (Phi) is 10.1. The van der Waals surface area contributed by atoms with Crippen LogP contribution >= 0.6 is 0 Å². The van der Waals surface area contributed by atoms with Gasteiger partial charge in [-0.1, -0.05) is 213 Å². The summed E-state index contributed by atoms with van der Waals surface area (Å²) in [6.45, 7) is 4.63. The molecule has 0 amide bonds. The molecule has 1 aromatic heterocycles. The first-order valence-electron chi connectivity index (χ1n) is 26.7. The van der Waals surface area contributed by atoms with Crippen molar-refractivity contribution < 1.29 is 0 Å². The number of fused-ring (bicyclic) bond motifs is 5. The zero-order valence-electron chi connectivity index (χ0n) is 41.5. The minimum atomic E-state index is -0.111. The summed E-state index contributed by atoms with van der Waals surface area (Å²) >= 11 is 0. The lowest BCUT2D eigenvalue weighted by atomic mass is 9.43. The van der Waals surface area contributed by atoms with Crippen molar-refractivity contribution in [2.24, 2.45) is 5.92 Å². The fraction of sp³-hybridized carbons (Fsp3) is 0.214. The van der Waals surface area contributed by atoms with Crippen molar-refractivity contribution in [2.75, 3.05) is 0 Å². The molecule has 350 valence electrons. The molecule has 0 N–H and O–H groups in total. The smallest absolute Gasteiger partial charge is 0.145 e. The molecular weight excluding hydrogens is 869 g/mol. The minimum absolute atomic E-state index is 0.0630. The van der Waals surface area contributed by atoms with Gasteiger partial charge < -0.3 is 0 Å². The topological polar surface area (TPSA) is 17.8 Å². The van der Waals surface area contributed by atoms with Gasteiger partial charge in [-0.15, -0.1) is 0 Å². The van der Waals surface area contributed by atoms with Gasteiger partial charge in [0.05, 0.1) is 11.0 Å². The number of para-hydroxylation sites is 2. The van der Waals surface area contributed by atoms with Crippen molar-refractivity contribution in [1.82, 2.24) is 9.55 Å². The SMILES string of the molecule is Cc1ccccc1-c1ccccc1C12CCCCC3(c4ccccc4-c4ccccc4C)CC4c5ccccc5-c5c(-c6ccc(-n7c(-c8ccccc8)nc8ccccc87)cc6)cccc5C4(CCC1)C23. The normalized spacial score (nSPS) is 22.9. The molecule has 3 fully saturated rings. The number of hydrogen-bond acceptors (Lipinski definition) is 1. The molecule has 14 rings (SSSR count). The summed E-state index contributed by atoms with van der Waals surface area (Å²) in [5, 5.41) is 0. The van der Waals surface area contributed by atoms with E-state index in [0.29, 0.717) is 11.8 Å². The first kappa shape index (κ1) is 43.3. The molecule has 1 spiro atoms. The Morgan fingerprint density at radius 2 is 0.958 bits per heavy atom. The first-order chi connectivity index (χ1) is 35.5. The maximum absolute atomic E-state index is 5.19. The second kappa shape index (κ2) is 16.8. The van der Waals surface area contributed by atoms with E-state index in [-0.39, 0.29) is 16.2 Å². The summed E-state index contributed by atoms with van der Waals surface area (Å²) in [5.41, 5.74) is 24.2. The fourth-order valence-corrected chi connectivity index (χ4v) is 16.0. The summed E-state index contributed by atoms with van der Waals surface area (Å²) in [5.74, 6) is 1.68. The largest absolute Gasteiger partial charge is 0.292 e. The Bertz CT molecular complexity index is 3710. The van der Waals surface area contributed by atoms with Gasteiger partial charge >= 0.3 is 0 Å². The van der Waals surface area contributed by atoms with Crippen LogP contribution < -0.4 is 0 Å². The summed E-state index contributed by atoms with van der Waals surface area (Å²) in [6, 6.07) is 83.5. The van der Waals surface area contributed by atoms with Crippen LogP contribution in [0.2, 0.25) is 0 Å². The van der Waals surface area contributed by atoms with Crippen LogP contribution in [0.4, 0.5) is 0 Å². The molecule has 10 aromatic rings. The average molecular weight is 929 g/mol. The van der Waals surface area contributed by atoms with E-state index in [0.717, 1.165) is 34.5 Å². The van der Waals surface area contributed by atoms with Crippen LogP contribution in [-0.4, -0.2) is 9.55 Å². The average Bonchev–Trinajstić information content (AvgIpc) is 3.94. The molecule has 0 saturated heterocycles. The van der Waals surface area contributed by atoms with Gasteiger partial charge in [-0.25, -0.2) is 4.98 Å². The highest BCUT2D eigenvalue weighted by molar-refractivity contribution is 5.92. The highest BCUT2D eigenvalue weighted by atomic mass is 15.1. The molecule has 9 aromatic carbocycles. The van der Waals surface area contributed by atoms with Crippen molar-refractivity contribution in [1.29, 1.82) is 0 Å². The van der Waals surface area contributed by atoms with Crippen molar-refractivity contribution in [3.05, 3.63) is 252 Å². The molecule has 4 aliphatic carbocycles. The number of nitrogens with zero attached hydrogens (tertiary/aromatic N) is 2. The van der Waals surface area contributed by atoms with Gasteiger partial charge in [-0.3, -0.25) is 4.57 Å². The van der Waals surface area contributed by atoms with Crippen LogP contribution in [0.25, 0.3) is 72.6 Å². The van der Waals surface area contributed by atoms with Crippen molar-refractivity contribution in [3.8, 4) is 61.6 Å². The maximum atomic E-state index is 5.19. The minimum Gasteiger partial charge on any atom is -0.292 e. The quantitative estimate of drug-likeness (QED) is 0.156. The molecule has 1 heterocycles. The third-order valence-electron chi connectivity index (χ3n) is 18.5. The van der Waals surface area contributed by atoms with E-state index in [2.05, 4.69) is 237 Å². The number of hydrogen-bond donors (Lipinski definition) is 0. The van der Waals surface area contributed by atoms with Crippen LogP contribution in [0.15, 0.2) is 218 Å². The second-order valence-electron chi connectivity index (χ2n) is 21.8. The first-order valence-corrected chi connectivity index (χ1v) is 26.7. The standard InChI is InChI=1S/C70H60N2/c1-47-22-6-8-26-52(47)55-28-12-14-33-59(55)68-42-18-19-43-69(60-34-15-13-29-56(60)53-27-9-7-23-48(53)2)46-62-57-30-10-11-31-58(57)65-54(32-20-35-61(65)70(62,67(68)69)45-21-44-68)49-38-40-51(41-39-49)72-64-37-17-16-36-63(64)71-66(72)50-24-4-3-5-25-50/h3-17,20,22-41,62,67H,18-19,21,42-46H2,1-2H3. The molecule has 72 heavy (non-hydrogen) atoms. The summed E-state index contributed by atoms with van der Waals surface area (Å²) in [6.07, 6.45) is 9.60. The van der Waals surface area contributed by atoms with Crippen molar-refractivity contribution >= 4 is 11.0 Å².